The summed E-state index contributed by atoms with van der Waals surface area (Å²) in [5.74, 6) is -2.63. The zero-order valence-electron chi connectivity index (χ0n) is 10.3. The normalized spacial score (nSPS) is 11.6. The average molecular weight is 282 g/mol. The first-order valence-electron chi connectivity index (χ1n) is 5.40. The zero-order valence-corrected chi connectivity index (χ0v) is 11.1. The molecule has 0 spiro atoms. The van der Waals surface area contributed by atoms with Crippen molar-refractivity contribution in [2.45, 2.75) is 17.4 Å². The highest BCUT2D eigenvalue weighted by atomic mass is 32.2. The van der Waals surface area contributed by atoms with Crippen molar-refractivity contribution in [3.8, 4) is 0 Å². The van der Waals surface area contributed by atoms with Crippen LogP contribution >= 0.6 is 11.8 Å². The van der Waals surface area contributed by atoms with E-state index in [-0.39, 0.29) is 0 Å². The molecule has 19 heavy (non-hydrogen) atoms. The molecule has 0 saturated heterocycles. The van der Waals surface area contributed by atoms with E-state index in [0.717, 1.165) is 4.90 Å². The molecule has 0 aliphatic rings. The first-order chi connectivity index (χ1) is 8.95. The molecule has 0 fully saturated rings. The number of thioether (sulfide) groups is 1. The van der Waals surface area contributed by atoms with E-state index in [1.54, 1.807) is 24.3 Å². The summed E-state index contributed by atoms with van der Waals surface area (Å²) < 4.78 is 0. The summed E-state index contributed by atoms with van der Waals surface area (Å²) in [7, 11) is 0. The maximum absolute atomic E-state index is 12.0. The van der Waals surface area contributed by atoms with Crippen LogP contribution in [0.3, 0.4) is 0 Å². The number of hydrogen-bond donors (Lipinski definition) is 3. The van der Waals surface area contributed by atoms with Crippen molar-refractivity contribution in [2.24, 2.45) is 5.73 Å². The number of carbonyl (C=O) groups is 3. The molecule has 0 aliphatic carbocycles. The third-order valence-electron chi connectivity index (χ3n) is 2.36. The van der Waals surface area contributed by atoms with Gasteiger partial charge in [0.05, 0.1) is 12.0 Å². The van der Waals surface area contributed by atoms with Gasteiger partial charge in [-0.1, -0.05) is 12.1 Å². The van der Waals surface area contributed by atoms with Crippen molar-refractivity contribution in [1.29, 1.82) is 0 Å². The molecule has 0 aliphatic heterocycles. The van der Waals surface area contributed by atoms with Crippen LogP contribution in [0.15, 0.2) is 29.2 Å². The molecule has 1 aromatic carbocycles. The van der Waals surface area contributed by atoms with Gasteiger partial charge in [-0.15, -0.1) is 11.8 Å². The van der Waals surface area contributed by atoms with Gasteiger partial charge in [0, 0.05) is 4.90 Å². The summed E-state index contributed by atoms with van der Waals surface area (Å²) in [4.78, 5) is 34.4. The number of aliphatic carboxylic acids is 1. The Balaban J connectivity index is 2.87. The van der Waals surface area contributed by atoms with E-state index < -0.39 is 30.2 Å². The van der Waals surface area contributed by atoms with Gasteiger partial charge in [0.1, 0.15) is 6.04 Å². The second-order valence-electron chi connectivity index (χ2n) is 3.74. The Hall–Kier alpha value is -2.02. The van der Waals surface area contributed by atoms with Gasteiger partial charge in [-0.3, -0.25) is 9.59 Å². The van der Waals surface area contributed by atoms with Crippen molar-refractivity contribution in [2.75, 3.05) is 6.26 Å². The zero-order chi connectivity index (χ0) is 14.4. The highest BCUT2D eigenvalue weighted by Crippen LogP contribution is 2.19. The molecule has 4 N–H and O–H groups in total. The van der Waals surface area contributed by atoms with Crippen LogP contribution < -0.4 is 11.1 Å². The van der Waals surface area contributed by atoms with Crippen LogP contribution in [0.5, 0.6) is 0 Å². The maximum Gasteiger partial charge on any atom is 0.326 e. The minimum absolute atomic E-state index is 0.366. The van der Waals surface area contributed by atoms with E-state index in [4.69, 9.17) is 10.8 Å². The topological polar surface area (TPSA) is 109 Å². The molecule has 1 rings (SSSR count). The van der Waals surface area contributed by atoms with Gasteiger partial charge in [0.15, 0.2) is 0 Å². The van der Waals surface area contributed by atoms with Gasteiger partial charge < -0.3 is 16.2 Å². The van der Waals surface area contributed by atoms with Crippen molar-refractivity contribution in [3.05, 3.63) is 29.8 Å². The SMILES string of the molecule is CSc1ccccc1C(=O)N[C@H](CC(N)=O)C(=O)O. The van der Waals surface area contributed by atoms with Crippen molar-refractivity contribution in [3.63, 3.8) is 0 Å². The first-order valence-corrected chi connectivity index (χ1v) is 6.63. The lowest BCUT2D eigenvalue weighted by atomic mass is 10.1. The van der Waals surface area contributed by atoms with Gasteiger partial charge in [0.2, 0.25) is 5.91 Å². The van der Waals surface area contributed by atoms with Crippen LogP contribution in [0.25, 0.3) is 0 Å². The first kappa shape index (κ1) is 15.0. The molecule has 6 nitrogen and oxygen atoms in total. The predicted molar refractivity (Wildman–Crippen MR) is 70.9 cm³/mol. The average Bonchev–Trinajstić information content (AvgIpc) is 2.37. The molecule has 102 valence electrons. The second-order valence-corrected chi connectivity index (χ2v) is 4.58. The number of nitrogens with two attached hydrogens (primary N) is 1. The third-order valence-corrected chi connectivity index (χ3v) is 3.16. The molecular formula is C12H14N2O4S. The number of rotatable bonds is 6. The van der Waals surface area contributed by atoms with Crippen molar-refractivity contribution in [1.82, 2.24) is 5.32 Å². The molecule has 1 atom stereocenters. The molecule has 0 aromatic heterocycles. The summed E-state index contributed by atoms with van der Waals surface area (Å²) in [5, 5.41) is 11.2. The quantitative estimate of drug-likeness (QED) is 0.657. The highest BCUT2D eigenvalue weighted by Gasteiger charge is 2.23. The van der Waals surface area contributed by atoms with E-state index in [0.29, 0.717) is 5.56 Å². The number of carbonyl (C=O) groups excluding carboxylic acids is 2. The number of hydrogen-bond acceptors (Lipinski definition) is 4. The molecule has 0 unspecified atom stereocenters. The molecule has 1 aromatic rings. The fraction of sp³-hybridized carbons (Fsp3) is 0.250. The van der Waals surface area contributed by atoms with Crippen molar-refractivity contribution < 1.29 is 19.5 Å². The lowest BCUT2D eigenvalue weighted by Crippen LogP contribution is -2.43. The van der Waals surface area contributed by atoms with E-state index in [1.807, 2.05) is 6.26 Å². The summed E-state index contributed by atoms with van der Waals surface area (Å²) in [6, 6.07) is 5.48. The van der Waals surface area contributed by atoms with Gasteiger partial charge in [-0.05, 0) is 18.4 Å². The van der Waals surface area contributed by atoms with Crippen LogP contribution in [0.2, 0.25) is 0 Å². The standard InChI is InChI=1S/C12H14N2O4S/c1-19-9-5-3-2-4-7(9)11(16)14-8(12(17)18)6-10(13)15/h2-5,8H,6H2,1H3,(H2,13,15)(H,14,16)(H,17,18)/t8-/m1/s1. The number of primary amides is 1. The minimum Gasteiger partial charge on any atom is -0.480 e. The smallest absolute Gasteiger partial charge is 0.326 e. The molecule has 2 amide bonds. The number of nitrogens with one attached hydrogen (secondary N) is 1. The van der Waals surface area contributed by atoms with Gasteiger partial charge >= 0.3 is 5.97 Å². The second kappa shape index (κ2) is 6.79. The summed E-state index contributed by atoms with van der Waals surface area (Å²) in [5.41, 5.74) is 5.31. The molecule has 0 heterocycles. The lowest BCUT2D eigenvalue weighted by Gasteiger charge is -2.14. The van der Waals surface area contributed by atoms with Crippen molar-refractivity contribution >= 4 is 29.5 Å². The Morgan fingerprint density at radius 2 is 2.00 bits per heavy atom. The van der Waals surface area contributed by atoms with Crippen LogP contribution in [0, 0.1) is 0 Å². The third kappa shape index (κ3) is 4.29. The largest absolute Gasteiger partial charge is 0.480 e. The fourth-order valence-electron chi connectivity index (χ4n) is 1.47. The maximum atomic E-state index is 12.0. The number of carboxylic acids is 1. The molecule has 7 heteroatoms. The summed E-state index contributed by atoms with van der Waals surface area (Å²) >= 11 is 1.37. The predicted octanol–water partition coefficient (Wildman–Crippen LogP) is 0.467. The molecule has 0 bridgehead atoms. The summed E-state index contributed by atoms with van der Waals surface area (Å²) in [6.07, 6.45) is 1.37. The number of carboxylic acid groups (broad SMARTS) is 1. The van der Waals surface area contributed by atoms with Gasteiger partial charge in [-0.2, -0.15) is 0 Å². The highest BCUT2D eigenvalue weighted by molar-refractivity contribution is 7.98. The monoisotopic (exact) mass is 282 g/mol. The van der Waals surface area contributed by atoms with E-state index in [1.165, 1.54) is 11.8 Å². The van der Waals surface area contributed by atoms with E-state index in [9.17, 15) is 14.4 Å². The Morgan fingerprint density at radius 3 is 2.53 bits per heavy atom. The van der Waals surface area contributed by atoms with Crippen LogP contribution in [-0.4, -0.2) is 35.2 Å². The van der Waals surface area contributed by atoms with Gasteiger partial charge in [0.25, 0.3) is 5.91 Å². The van der Waals surface area contributed by atoms with E-state index >= 15 is 0 Å². The number of benzene rings is 1. The Morgan fingerprint density at radius 1 is 1.37 bits per heavy atom. The van der Waals surface area contributed by atoms with Crippen LogP contribution in [0.1, 0.15) is 16.8 Å². The molecule has 0 saturated carbocycles. The lowest BCUT2D eigenvalue weighted by molar-refractivity contribution is -0.140. The van der Waals surface area contributed by atoms with Gasteiger partial charge in [-0.25, -0.2) is 4.79 Å². The molecular weight excluding hydrogens is 268 g/mol. The number of amides is 2. The van der Waals surface area contributed by atoms with Crippen LogP contribution in [-0.2, 0) is 9.59 Å². The summed E-state index contributed by atoms with van der Waals surface area (Å²) in [6.45, 7) is 0. The minimum atomic E-state index is -1.32. The Bertz CT molecular complexity index is 504. The molecule has 0 radical (unpaired) electrons. The fourth-order valence-corrected chi connectivity index (χ4v) is 2.06. The Labute approximate surface area is 114 Å². The van der Waals surface area contributed by atoms with E-state index in [2.05, 4.69) is 5.32 Å². The Kier molecular flexibility index (Phi) is 5.37. The van der Waals surface area contributed by atoms with Crippen LogP contribution in [0.4, 0.5) is 0 Å².